The monoisotopic (exact) mass is 304 g/mol. The fourth-order valence-corrected chi connectivity index (χ4v) is 2.48. The number of hydrogen-bond acceptors (Lipinski definition) is 4. The van der Waals surface area contributed by atoms with E-state index in [1.807, 2.05) is 36.4 Å². The van der Waals surface area contributed by atoms with Crippen LogP contribution < -0.4 is 10.6 Å². The van der Waals surface area contributed by atoms with E-state index in [9.17, 15) is 0 Å². The lowest BCUT2D eigenvalue weighted by molar-refractivity contribution is 0.448. The SMILES string of the molecule is OBO.c1ccc(Nc2c3ccc-3c2Nc2ccccc2)cc1. The molecular weight excluding hydrogens is 287 g/mol. The van der Waals surface area contributed by atoms with Gasteiger partial charge in [-0.25, -0.2) is 0 Å². The number of fused-ring (bicyclic) bond motifs is 1. The van der Waals surface area contributed by atoms with Gasteiger partial charge in [0.05, 0.1) is 11.4 Å². The third kappa shape index (κ3) is 3.21. The van der Waals surface area contributed by atoms with Crippen LogP contribution in [0.1, 0.15) is 0 Å². The zero-order chi connectivity index (χ0) is 16.1. The molecule has 0 aromatic heterocycles. The Morgan fingerprint density at radius 1 is 0.565 bits per heavy atom. The van der Waals surface area contributed by atoms with Crippen molar-refractivity contribution in [3.8, 4) is 11.1 Å². The summed E-state index contributed by atoms with van der Waals surface area (Å²) >= 11 is 0. The van der Waals surface area contributed by atoms with Crippen molar-refractivity contribution in [2.75, 3.05) is 10.6 Å². The van der Waals surface area contributed by atoms with Crippen molar-refractivity contribution in [2.24, 2.45) is 0 Å². The summed E-state index contributed by atoms with van der Waals surface area (Å²) in [7, 11) is -0.750. The molecule has 0 saturated heterocycles. The summed E-state index contributed by atoms with van der Waals surface area (Å²) in [5.41, 5.74) is 7.21. The summed E-state index contributed by atoms with van der Waals surface area (Å²) in [6.07, 6.45) is 0. The van der Waals surface area contributed by atoms with Gasteiger partial charge in [-0.15, -0.1) is 0 Å². The lowest BCUT2D eigenvalue weighted by atomic mass is 9.87. The molecule has 4 nitrogen and oxygen atoms in total. The lowest BCUT2D eigenvalue weighted by Crippen LogP contribution is -2.08. The van der Waals surface area contributed by atoms with Crippen LogP contribution in [0.15, 0.2) is 72.8 Å². The second kappa shape index (κ2) is 7.00. The first-order valence-electron chi connectivity index (χ1n) is 7.36. The average molecular weight is 304 g/mol. The molecule has 0 aliphatic heterocycles. The summed E-state index contributed by atoms with van der Waals surface area (Å²) in [5.74, 6) is 0. The van der Waals surface area contributed by atoms with Crippen molar-refractivity contribution in [2.45, 2.75) is 0 Å². The van der Waals surface area contributed by atoms with Crippen molar-refractivity contribution >= 4 is 30.4 Å². The lowest BCUT2D eigenvalue weighted by Gasteiger charge is -2.29. The van der Waals surface area contributed by atoms with Crippen LogP contribution in [0.4, 0.5) is 22.7 Å². The third-order valence-corrected chi connectivity index (χ3v) is 3.58. The molecule has 2 aliphatic carbocycles. The van der Waals surface area contributed by atoms with Gasteiger partial charge in [0.15, 0.2) is 0 Å². The third-order valence-electron chi connectivity index (χ3n) is 3.58. The summed E-state index contributed by atoms with van der Waals surface area (Å²) in [6, 6.07) is 24.8. The molecular formula is C18H17BN2O2. The minimum atomic E-state index is -0.750. The summed E-state index contributed by atoms with van der Waals surface area (Å²) in [6.45, 7) is 0. The molecule has 2 aromatic carbocycles. The first-order chi connectivity index (χ1) is 11.3. The van der Waals surface area contributed by atoms with Crippen molar-refractivity contribution in [1.29, 1.82) is 0 Å². The molecule has 0 heterocycles. The highest BCUT2D eigenvalue weighted by molar-refractivity contribution is 6.13. The van der Waals surface area contributed by atoms with E-state index in [0.29, 0.717) is 0 Å². The molecule has 0 amide bonds. The van der Waals surface area contributed by atoms with E-state index in [2.05, 4.69) is 47.0 Å². The van der Waals surface area contributed by atoms with Gasteiger partial charge in [0.1, 0.15) is 0 Å². The quantitative estimate of drug-likeness (QED) is 0.436. The van der Waals surface area contributed by atoms with E-state index in [4.69, 9.17) is 10.0 Å². The molecule has 114 valence electrons. The highest BCUT2D eigenvalue weighted by atomic mass is 16.4. The number of anilines is 4. The summed E-state index contributed by atoms with van der Waals surface area (Å²) in [5, 5.41) is 21.2. The molecule has 5 heteroatoms. The fourth-order valence-electron chi connectivity index (χ4n) is 2.48. The predicted molar refractivity (Wildman–Crippen MR) is 96.5 cm³/mol. The van der Waals surface area contributed by atoms with E-state index < -0.39 is 7.69 Å². The maximum absolute atomic E-state index is 7.12. The van der Waals surface area contributed by atoms with Gasteiger partial charge in [-0.3, -0.25) is 0 Å². The Balaban J connectivity index is 0.000000485. The smallest absolute Gasteiger partial charge is 0.430 e. The summed E-state index contributed by atoms with van der Waals surface area (Å²) in [4.78, 5) is 0. The number of benzene rings is 3. The minimum absolute atomic E-state index is 0.750. The molecule has 0 fully saturated rings. The first kappa shape index (κ1) is 15.2. The molecule has 23 heavy (non-hydrogen) atoms. The number of para-hydroxylation sites is 2. The van der Waals surface area contributed by atoms with Gasteiger partial charge < -0.3 is 20.7 Å². The number of nitrogens with one attached hydrogen (secondary N) is 2. The Labute approximate surface area is 135 Å². The van der Waals surface area contributed by atoms with Crippen LogP contribution in [-0.4, -0.2) is 17.7 Å². The standard InChI is InChI=1S/C18H14N2.BH3O2/c1-3-7-13(8-4-1)19-17-15-11-12-16(15)18(17)20-14-9-5-2-6-10-14;2-1-3/h1-12,19-20H;1-3H. The van der Waals surface area contributed by atoms with Crippen LogP contribution in [0.3, 0.4) is 0 Å². The zero-order valence-electron chi connectivity index (χ0n) is 12.5. The normalized spacial score (nSPS) is 10.2. The average Bonchev–Trinajstić information content (AvgIpc) is 2.56. The maximum atomic E-state index is 7.12. The number of rotatable bonds is 4. The van der Waals surface area contributed by atoms with E-state index in [-0.39, 0.29) is 0 Å². The van der Waals surface area contributed by atoms with Crippen molar-refractivity contribution in [3.05, 3.63) is 72.8 Å². The second-order valence-electron chi connectivity index (χ2n) is 5.03. The van der Waals surface area contributed by atoms with Crippen LogP contribution in [0, 0.1) is 0 Å². The largest absolute Gasteiger partial charge is 0.432 e. The second-order valence-corrected chi connectivity index (χ2v) is 5.03. The van der Waals surface area contributed by atoms with Crippen LogP contribution in [-0.2, 0) is 0 Å². The Hall–Kier alpha value is -2.76. The highest BCUT2D eigenvalue weighted by Gasteiger charge is 2.26. The first-order valence-corrected chi connectivity index (χ1v) is 7.36. The molecule has 4 N–H and O–H groups in total. The Kier molecular flexibility index (Phi) is 4.61. The topological polar surface area (TPSA) is 64.5 Å². The van der Waals surface area contributed by atoms with E-state index in [0.717, 1.165) is 11.4 Å². The van der Waals surface area contributed by atoms with Crippen LogP contribution in [0.5, 0.6) is 0 Å². The fraction of sp³-hybridized carbons (Fsp3) is 0. The van der Waals surface area contributed by atoms with Crippen molar-refractivity contribution in [1.82, 2.24) is 0 Å². The zero-order valence-corrected chi connectivity index (χ0v) is 12.5. The molecule has 0 unspecified atom stereocenters. The highest BCUT2D eigenvalue weighted by Crippen LogP contribution is 2.53. The van der Waals surface area contributed by atoms with Crippen molar-refractivity contribution < 1.29 is 10.0 Å². The Morgan fingerprint density at radius 3 is 1.22 bits per heavy atom. The van der Waals surface area contributed by atoms with Crippen molar-refractivity contribution in [3.63, 3.8) is 0 Å². The van der Waals surface area contributed by atoms with Gasteiger partial charge in [0.25, 0.3) is 0 Å². The Bertz CT molecular complexity index is 713. The van der Waals surface area contributed by atoms with Gasteiger partial charge >= 0.3 is 7.69 Å². The Morgan fingerprint density at radius 2 is 0.913 bits per heavy atom. The predicted octanol–water partition coefficient (Wildman–Crippen LogP) is 3.39. The van der Waals surface area contributed by atoms with E-state index in [1.54, 1.807) is 0 Å². The molecule has 0 radical (unpaired) electrons. The van der Waals surface area contributed by atoms with Gasteiger partial charge in [-0.1, -0.05) is 48.5 Å². The maximum Gasteiger partial charge on any atom is 0.432 e. The molecule has 0 spiro atoms. The molecule has 4 rings (SSSR count). The van der Waals surface area contributed by atoms with Crippen LogP contribution in [0.25, 0.3) is 11.1 Å². The van der Waals surface area contributed by atoms with Gasteiger partial charge in [0, 0.05) is 22.5 Å². The van der Waals surface area contributed by atoms with Gasteiger partial charge in [0.2, 0.25) is 0 Å². The molecule has 2 aliphatic rings. The van der Waals surface area contributed by atoms with Gasteiger partial charge in [-0.05, 0) is 24.3 Å². The summed E-state index contributed by atoms with van der Waals surface area (Å²) < 4.78 is 0. The molecule has 0 atom stereocenters. The minimum Gasteiger partial charge on any atom is -0.430 e. The van der Waals surface area contributed by atoms with Crippen LogP contribution in [0.2, 0.25) is 0 Å². The van der Waals surface area contributed by atoms with E-state index in [1.165, 1.54) is 22.5 Å². The van der Waals surface area contributed by atoms with Gasteiger partial charge in [-0.2, -0.15) is 0 Å². The van der Waals surface area contributed by atoms with E-state index >= 15 is 0 Å². The molecule has 0 saturated carbocycles. The molecule has 0 bridgehead atoms. The number of hydrogen-bond donors (Lipinski definition) is 4. The van der Waals surface area contributed by atoms with Crippen LogP contribution >= 0.6 is 0 Å². The molecule has 2 aromatic rings.